The van der Waals surface area contributed by atoms with Crippen LogP contribution in [0.2, 0.25) is 80.4 Å². The standard InChI is InChI=1S/C44H28N4.C32Cl16N8.Cu.Zn/c1-5-13-29(14-6-1)41-33-21-23-35(45-33)42(30-15-7-2-8-16-30)37-25-27-39(47-37)44(32-19-11-4-12-20-32)40-28-26-38(48-40)43(31-17-9-3-10-18-31)36-24-22-34(41)46-36;33-9-1-2(10(34)18(42)17(9)41)26-49-25(1)53-27-3-4(12(36)20(44)19(43)11(3)35)29(50-27)55-31-7-8(16(40)24(48)23(47)15(7)39)32(52-31)56-30-6-5(28(51-30)54-26)13(37)21(45)22(46)14(6)38;;/h1-28H;;;/q2*-2;2*+2. The van der Waals surface area contributed by atoms with Gasteiger partial charge in [-0.15, -0.1) is 22.1 Å². The fourth-order valence-corrected chi connectivity index (χ4v) is 16.9. The first-order chi connectivity index (χ1) is 50.2. The molecule has 0 amide bonds. The summed E-state index contributed by atoms with van der Waals surface area (Å²) in [5.74, 6) is -0.437. The number of nitrogens with zero attached hydrogens (tertiary/aromatic N) is 12. The zero-order valence-corrected chi connectivity index (χ0v) is 68.6. The second-order valence-electron chi connectivity index (χ2n) is 23.3. The van der Waals surface area contributed by atoms with E-state index < -0.39 is 0 Å². The van der Waals surface area contributed by atoms with Crippen LogP contribution in [0.1, 0.15) is 22.8 Å². The van der Waals surface area contributed by atoms with Crippen LogP contribution >= 0.6 is 186 Å². The summed E-state index contributed by atoms with van der Waals surface area (Å²) in [5, 5.41) is -1.06. The molecule has 0 saturated heterocycles. The Bertz CT molecular complexity index is 5810. The predicted octanol–water partition coefficient (Wildman–Crippen LogP) is 27.2. The minimum Gasteiger partial charge on any atom is -0.657 e. The molecule has 18 rings (SSSR count). The molecule has 0 fully saturated rings. The molecule has 30 heteroatoms. The number of hydrogen-bond acceptors (Lipinski definition) is 8. The van der Waals surface area contributed by atoms with Gasteiger partial charge >= 0.3 is 36.5 Å². The molecule has 0 saturated carbocycles. The van der Waals surface area contributed by atoms with Crippen LogP contribution < -0.4 is 19.9 Å². The molecule has 4 aliphatic heterocycles. The summed E-state index contributed by atoms with van der Waals surface area (Å²) in [6.45, 7) is 0. The van der Waals surface area contributed by atoms with Gasteiger partial charge in [-0.05, 0) is 68.8 Å². The second-order valence-corrected chi connectivity index (χ2v) is 29.4. The number of halogens is 16. The SMILES string of the molecule is C1=Cc2nc1c(-c1ccccc1)c1ccc([n-]1)c(-c1ccccc1)c1nc(c(-c3ccccc3)c3ccc([n-]3)c2-c2ccccc2)C=C1.Clc1c(Cl)c(Cl)c2c(c1Cl)-c1nc-2nc2[n-]c(nc3nc(nc4[n-]c(n1)c1c(Cl)c(Cl)c(Cl)c(Cl)c41)-c1c(Cl)c(Cl)c(Cl)c(Cl)c1-3)c1c(Cl)c(Cl)c(Cl)c(Cl)c21.[Cu+2].[Zn+2]. The van der Waals surface area contributed by atoms with E-state index in [9.17, 15) is 0 Å². The summed E-state index contributed by atoms with van der Waals surface area (Å²) >= 11 is 107. The van der Waals surface area contributed by atoms with Crippen LogP contribution in [-0.2, 0) is 36.5 Å². The molecule has 1 radical (unpaired) electrons. The largest absolute Gasteiger partial charge is 2.00 e. The molecule has 0 aliphatic carbocycles. The third-order valence-corrected chi connectivity index (χ3v) is 24.6. The van der Waals surface area contributed by atoms with Crippen LogP contribution in [0.5, 0.6) is 0 Å². The Hall–Kier alpha value is -6.50. The van der Waals surface area contributed by atoms with Crippen molar-refractivity contribution in [2.24, 2.45) is 0 Å². The van der Waals surface area contributed by atoms with Gasteiger partial charge in [-0.25, -0.2) is 19.9 Å². The summed E-state index contributed by atoms with van der Waals surface area (Å²) in [7, 11) is 0. The van der Waals surface area contributed by atoms with E-state index in [4.69, 9.17) is 225 Å². The molecule has 8 aromatic carbocycles. The van der Waals surface area contributed by atoms with E-state index in [0.29, 0.717) is 0 Å². The quantitative estimate of drug-likeness (QED) is 0.0934. The van der Waals surface area contributed by atoms with E-state index in [1.807, 2.05) is 24.3 Å². The van der Waals surface area contributed by atoms with E-state index in [1.165, 1.54) is 0 Å². The molecule has 517 valence electrons. The second kappa shape index (κ2) is 29.7. The average Bonchev–Trinajstić information content (AvgIpc) is 1.57. The van der Waals surface area contributed by atoms with Crippen molar-refractivity contribution in [2.45, 2.75) is 0 Å². The summed E-state index contributed by atoms with van der Waals surface area (Å²) in [6.07, 6.45) is 8.41. The van der Waals surface area contributed by atoms with Gasteiger partial charge in [-0.2, -0.15) is 0 Å². The minimum atomic E-state index is -0.109. The molecular weight excluding hydrogens is 1780 g/mol. The maximum Gasteiger partial charge on any atom is 2.00 e. The van der Waals surface area contributed by atoms with Gasteiger partial charge in [-0.1, -0.05) is 331 Å². The van der Waals surface area contributed by atoms with E-state index in [2.05, 4.69) is 166 Å². The Kier molecular flexibility index (Phi) is 21.0. The summed E-state index contributed by atoms with van der Waals surface area (Å²) in [4.78, 5) is 58.9. The Balaban J connectivity index is 0.000000168. The fourth-order valence-electron chi connectivity index (χ4n) is 12.8. The van der Waals surface area contributed by atoms with Gasteiger partial charge in [0.1, 0.15) is 0 Å². The van der Waals surface area contributed by atoms with Crippen LogP contribution in [0.15, 0.2) is 146 Å². The third kappa shape index (κ3) is 12.5. The molecule has 14 aromatic rings. The molecule has 106 heavy (non-hydrogen) atoms. The first-order valence-electron chi connectivity index (χ1n) is 30.7. The van der Waals surface area contributed by atoms with Crippen molar-refractivity contribution in [3.8, 4) is 90.1 Å². The van der Waals surface area contributed by atoms with Crippen LogP contribution in [0.4, 0.5) is 0 Å². The maximum absolute atomic E-state index is 6.82. The fraction of sp³-hybridized carbons (Fsp3) is 0. The van der Waals surface area contributed by atoms with E-state index >= 15 is 0 Å². The molecule has 0 N–H and O–H groups in total. The van der Waals surface area contributed by atoms with Gasteiger partial charge in [0, 0.05) is 66.4 Å². The van der Waals surface area contributed by atoms with Crippen molar-refractivity contribution in [1.82, 2.24) is 59.8 Å². The van der Waals surface area contributed by atoms with Gasteiger partial charge in [0.2, 0.25) is 0 Å². The van der Waals surface area contributed by atoms with Gasteiger partial charge in [-0.3, -0.25) is 0 Å². The topological polar surface area (TPSA) is 160 Å². The molecule has 10 heterocycles. The van der Waals surface area contributed by atoms with E-state index in [0.717, 1.165) is 89.4 Å². The van der Waals surface area contributed by atoms with Crippen molar-refractivity contribution < 1.29 is 36.5 Å². The summed E-state index contributed by atoms with van der Waals surface area (Å²) in [6, 6.07) is 50.0. The zero-order chi connectivity index (χ0) is 72.0. The smallest absolute Gasteiger partial charge is 0.657 e. The van der Waals surface area contributed by atoms with Gasteiger partial charge < -0.3 is 39.9 Å². The molecule has 12 nitrogen and oxygen atoms in total. The number of hydrogen-bond donors (Lipinski definition) is 0. The first-order valence-corrected chi connectivity index (χ1v) is 36.7. The van der Waals surface area contributed by atoms with Gasteiger partial charge in [0.05, 0.1) is 126 Å². The Morgan fingerprint density at radius 2 is 0.396 bits per heavy atom. The zero-order valence-electron chi connectivity index (χ0n) is 52.6. The molecule has 16 bridgehead atoms. The molecule has 0 unspecified atom stereocenters. The summed E-state index contributed by atoms with van der Waals surface area (Å²) < 4.78 is 0. The monoisotopic (exact) mass is 1790 g/mol. The molecule has 0 spiro atoms. The predicted molar refractivity (Wildman–Crippen MR) is 433 cm³/mol. The van der Waals surface area contributed by atoms with Crippen molar-refractivity contribution in [3.63, 3.8) is 0 Å². The maximum atomic E-state index is 6.82. The Morgan fingerprint density at radius 3 is 0.604 bits per heavy atom. The molecular formula is C76H28Cl16CuN12Zn. The van der Waals surface area contributed by atoms with Crippen LogP contribution in [0.3, 0.4) is 0 Å². The van der Waals surface area contributed by atoms with Gasteiger partial charge in [0.15, 0.2) is 0 Å². The molecule has 4 aliphatic rings. The third-order valence-electron chi connectivity index (χ3n) is 17.4. The average molecular weight is 1810 g/mol. The number of fused-ring (bicyclic) bond motifs is 28. The van der Waals surface area contributed by atoms with Crippen molar-refractivity contribution in [3.05, 3.63) is 249 Å². The molecule has 0 atom stereocenters. The van der Waals surface area contributed by atoms with E-state index in [-0.39, 0.29) is 207 Å². The number of aromatic nitrogens is 12. The molecule has 6 aromatic heterocycles. The first kappa shape index (κ1) is 74.9. The van der Waals surface area contributed by atoms with Crippen molar-refractivity contribution in [1.29, 1.82) is 0 Å². The van der Waals surface area contributed by atoms with Crippen molar-refractivity contribution in [2.75, 3.05) is 0 Å². The van der Waals surface area contributed by atoms with Gasteiger partial charge in [0.25, 0.3) is 0 Å². The summed E-state index contributed by atoms with van der Waals surface area (Å²) in [5.41, 5.74) is 15.0. The van der Waals surface area contributed by atoms with Crippen molar-refractivity contribution >= 4 is 276 Å². The minimum absolute atomic E-state index is 0. The van der Waals surface area contributed by atoms with E-state index in [1.54, 1.807) is 0 Å². The normalized spacial score (nSPS) is 11.9. The van der Waals surface area contributed by atoms with Crippen LogP contribution in [-0.4, -0.2) is 39.9 Å². The Labute approximate surface area is 703 Å². The number of benzene rings is 8. The van der Waals surface area contributed by atoms with Crippen LogP contribution in [0.25, 0.3) is 181 Å². The Morgan fingerprint density at radius 1 is 0.198 bits per heavy atom. The van der Waals surface area contributed by atoms with Crippen LogP contribution in [0, 0.1) is 0 Å². The number of rotatable bonds is 4.